The van der Waals surface area contributed by atoms with Crippen molar-refractivity contribution in [1.82, 2.24) is 5.32 Å². The normalized spacial score (nSPS) is 19.1. The summed E-state index contributed by atoms with van der Waals surface area (Å²) in [4.78, 5) is 0. The molecule has 0 spiro atoms. The largest absolute Gasteiger partial charge is 0.317 e. The Morgan fingerprint density at radius 3 is 2.59 bits per heavy atom. The van der Waals surface area contributed by atoms with Crippen LogP contribution in [0.4, 0.5) is 0 Å². The topological polar surface area (TPSA) is 12.0 Å². The van der Waals surface area contributed by atoms with Crippen LogP contribution in [0.3, 0.4) is 0 Å². The summed E-state index contributed by atoms with van der Waals surface area (Å²) >= 11 is 0. The van der Waals surface area contributed by atoms with Gasteiger partial charge in [-0.25, -0.2) is 0 Å². The molecule has 0 heterocycles. The lowest BCUT2D eigenvalue weighted by Crippen LogP contribution is -2.28. The zero-order valence-corrected chi connectivity index (χ0v) is 11.7. The van der Waals surface area contributed by atoms with Gasteiger partial charge in [0.05, 0.1) is 0 Å². The first-order valence-corrected chi connectivity index (χ1v) is 7.65. The van der Waals surface area contributed by atoms with Gasteiger partial charge in [-0.05, 0) is 38.6 Å². The molecule has 0 radical (unpaired) electrons. The number of hydrogen-bond acceptors (Lipinski definition) is 1. The molecule has 0 aliphatic heterocycles. The van der Waals surface area contributed by atoms with Crippen LogP contribution in [0.2, 0.25) is 0 Å². The molecule has 1 unspecified atom stereocenters. The standard InChI is InChI=1S/C16H31N/c1-3-4-5-6-10-13-16(17-2)14-15-11-8-7-9-12-15/h3,15-17H,1,4-14H2,2H3. The van der Waals surface area contributed by atoms with Gasteiger partial charge < -0.3 is 5.32 Å². The molecular weight excluding hydrogens is 206 g/mol. The van der Waals surface area contributed by atoms with Crippen LogP contribution in [0, 0.1) is 5.92 Å². The second kappa shape index (κ2) is 9.70. The van der Waals surface area contributed by atoms with Crippen molar-refractivity contribution in [2.45, 2.75) is 76.7 Å². The average molecular weight is 237 g/mol. The Kier molecular flexibility index (Phi) is 8.42. The summed E-state index contributed by atoms with van der Waals surface area (Å²) in [7, 11) is 2.14. The molecule has 0 aromatic heterocycles. The lowest BCUT2D eigenvalue weighted by molar-refractivity contribution is 0.294. The Morgan fingerprint density at radius 2 is 1.94 bits per heavy atom. The van der Waals surface area contributed by atoms with Gasteiger partial charge in [0.1, 0.15) is 0 Å². The van der Waals surface area contributed by atoms with Crippen molar-refractivity contribution in [3.63, 3.8) is 0 Å². The third-order valence-electron chi connectivity index (χ3n) is 4.21. The molecular formula is C16H31N. The van der Waals surface area contributed by atoms with Crippen LogP contribution >= 0.6 is 0 Å². The monoisotopic (exact) mass is 237 g/mol. The van der Waals surface area contributed by atoms with Crippen LogP contribution in [0.1, 0.15) is 70.6 Å². The van der Waals surface area contributed by atoms with Gasteiger partial charge in [0.25, 0.3) is 0 Å². The SMILES string of the molecule is C=CCCCCCC(CC1CCCCC1)NC. The Hall–Kier alpha value is -0.300. The van der Waals surface area contributed by atoms with Gasteiger partial charge in [-0.3, -0.25) is 0 Å². The Bertz CT molecular complexity index is 182. The molecule has 100 valence electrons. The maximum absolute atomic E-state index is 3.77. The van der Waals surface area contributed by atoms with Crippen LogP contribution in [0.5, 0.6) is 0 Å². The quantitative estimate of drug-likeness (QED) is 0.453. The fourth-order valence-corrected chi connectivity index (χ4v) is 3.06. The minimum absolute atomic E-state index is 0.766. The Morgan fingerprint density at radius 1 is 1.18 bits per heavy atom. The summed E-state index contributed by atoms with van der Waals surface area (Å²) in [5.41, 5.74) is 0. The lowest BCUT2D eigenvalue weighted by Gasteiger charge is -2.26. The van der Waals surface area contributed by atoms with Crippen molar-refractivity contribution in [3.05, 3.63) is 12.7 Å². The molecule has 0 saturated heterocycles. The van der Waals surface area contributed by atoms with Gasteiger partial charge in [-0.1, -0.05) is 51.0 Å². The molecule has 0 amide bonds. The van der Waals surface area contributed by atoms with E-state index in [1.165, 1.54) is 70.6 Å². The van der Waals surface area contributed by atoms with Gasteiger partial charge in [0, 0.05) is 6.04 Å². The first kappa shape index (κ1) is 14.8. The van der Waals surface area contributed by atoms with E-state index in [-0.39, 0.29) is 0 Å². The molecule has 0 aromatic carbocycles. The molecule has 0 bridgehead atoms. The zero-order valence-electron chi connectivity index (χ0n) is 11.7. The van der Waals surface area contributed by atoms with Gasteiger partial charge in [-0.15, -0.1) is 6.58 Å². The molecule has 0 aromatic rings. The number of nitrogens with one attached hydrogen (secondary N) is 1. The summed E-state index contributed by atoms with van der Waals surface area (Å²) in [5.74, 6) is 1.01. The van der Waals surface area contributed by atoms with Gasteiger partial charge in [-0.2, -0.15) is 0 Å². The summed E-state index contributed by atoms with van der Waals surface area (Å²) in [6, 6.07) is 0.766. The maximum atomic E-state index is 3.77. The van der Waals surface area contributed by atoms with E-state index >= 15 is 0 Å². The van der Waals surface area contributed by atoms with Crippen molar-refractivity contribution in [1.29, 1.82) is 0 Å². The van der Waals surface area contributed by atoms with Gasteiger partial charge in [0.15, 0.2) is 0 Å². The van der Waals surface area contributed by atoms with Crippen LogP contribution in [-0.4, -0.2) is 13.1 Å². The van der Waals surface area contributed by atoms with Crippen LogP contribution in [0.25, 0.3) is 0 Å². The summed E-state index contributed by atoms with van der Waals surface area (Å²) in [6.45, 7) is 3.77. The number of hydrogen-bond donors (Lipinski definition) is 1. The molecule has 1 aliphatic rings. The highest BCUT2D eigenvalue weighted by Crippen LogP contribution is 2.28. The Balaban J connectivity index is 2.07. The molecule has 1 nitrogen and oxygen atoms in total. The molecule has 1 fully saturated rings. The van der Waals surface area contributed by atoms with Crippen LogP contribution in [0.15, 0.2) is 12.7 Å². The van der Waals surface area contributed by atoms with Crippen molar-refractivity contribution >= 4 is 0 Å². The minimum Gasteiger partial charge on any atom is -0.317 e. The summed E-state index contributed by atoms with van der Waals surface area (Å²) in [6.07, 6.45) is 17.5. The second-order valence-corrected chi connectivity index (χ2v) is 5.65. The average Bonchev–Trinajstić information content (AvgIpc) is 2.38. The molecule has 1 N–H and O–H groups in total. The van der Waals surface area contributed by atoms with Crippen LogP contribution < -0.4 is 5.32 Å². The van der Waals surface area contributed by atoms with E-state index in [2.05, 4.69) is 18.9 Å². The smallest absolute Gasteiger partial charge is 0.00667 e. The van der Waals surface area contributed by atoms with Crippen molar-refractivity contribution in [3.8, 4) is 0 Å². The van der Waals surface area contributed by atoms with Crippen molar-refractivity contribution in [2.24, 2.45) is 5.92 Å². The lowest BCUT2D eigenvalue weighted by atomic mass is 9.84. The van der Waals surface area contributed by atoms with E-state index in [0.717, 1.165) is 12.0 Å². The van der Waals surface area contributed by atoms with E-state index in [9.17, 15) is 0 Å². The minimum atomic E-state index is 0.766. The van der Waals surface area contributed by atoms with E-state index in [1.54, 1.807) is 0 Å². The van der Waals surface area contributed by atoms with E-state index in [4.69, 9.17) is 0 Å². The third-order valence-corrected chi connectivity index (χ3v) is 4.21. The van der Waals surface area contributed by atoms with Crippen molar-refractivity contribution in [2.75, 3.05) is 7.05 Å². The number of rotatable bonds is 9. The number of unbranched alkanes of at least 4 members (excludes halogenated alkanes) is 3. The molecule has 1 aliphatic carbocycles. The van der Waals surface area contributed by atoms with E-state index < -0.39 is 0 Å². The second-order valence-electron chi connectivity index (χ2n) is 5.65. The van der Waals surface area contributed by atoms with Gasteiger partial charge >= 0.3 is 0 Å². The number of allylic oxidation sites excluding steroid dienone is 1. The first-order valence-electron chi connectivity index (χ1n) is 7.65. The van der Waals surface area contributed by atoms with Crippen LogP contribution in [-0.2, 0) is 0 Å². The predicted molar refractivity (Wildman–Crippen MR) is 77.3 cm³/mol. The third kappa shape index (κ3) is 6.88. The zero-order chi connectivity index (χ0) is 12.3. The summed E-state index contributed by atoms with van der Waals surface area (Å²) in [5, 5.41) is 3.52. The van der Waals surface area contributed by atoms with Gasteiger partial charge in [0.2, 0.25) is 0 Å². The molecule has 1 atom stereocenters. The Labute approximate surface area is 108 Å². The first-order chi connectivity index (χ1) is 8.36. The highest BCUT2D eigenvalue weighted by Gasteiger charge is 2.17. The van der Waals surface area contributed by atoms with E-state index in [0.29, 0.717) is 0 Å². The summed E-state index contributed by atoms with van der Waals surface area (Å²) < 4.78 is 0. The predicted octanol–water partition coefficient (Wildman–Crippen LogP) is 4.68. The van der Waals surface area contributed by atoms with Crippen molar-refractivity contribution < 1.29 is 0 Å². The molecule has 17 heavy (non-hydrogen) atoms. The molecule has 1 saturated carbocycles. The fourth-order valence-electron chi connectivity index (χ4n) is 3.06. The highest BCUT2D eigenvalue weighted by molar-refractivity contribution is 4.74. The molecule has 1 rings (SSSR count). The highest BCUT2D eigenvalue weighted by atomic mass is 14.9. The maximum Gasteiger partial charge on any atom is 0.00667 e. The fraction of sp³-hybridized carbons (Fsp3) is 0.875. The van der Waals surface area contributed by atoms with E-state index in [1.807, 2.05) is 6.08 Å². The molecule has 1 heteroatoms.